The van der Waals surface area contributed by atoms with Crippen LogP contribution in [0.5, 0.6) is 0 Å². The monoisotopic (exact) mass is 890 g/mol. The Labute approximate surface area is 358 Å². The zero-order chi connectivity index (χ0) is 44.6. The van der Waals surface area contributed by atoms with E-state index in [9.17, 15) is 30.6 Å². The van der Waals surface area contributed by atoms with E-state index in [2.05, 4.69) is 0 Å². The molecule has 0 aromatic rings. The van der Waals surface area contributed by atoms with Crippen molar-refractivity contribution in [3.8, 4) is 0 Å². The summed E-state index contributed by atoms with van der Waals surface area (Å²) in [7, 11) is 10.3. The van der Waals surface area contributed by atoms with Crippen LogP contribution in [0.15, 0.2) is 0 Å². The zero-order valence-corrected chi connectivity index (χ0v) is 36.8. The van der Waals surface area contributed by atoms with Crippen molar-refractivity contribution in [3.63, 3.8) is 0 Å². The van der Waals surface area contributed by atoms with E-state index in [0.717, 1.165) is 0 Å². The van der Waals surface area contributed by atoms with Crippen LogP contribution in [0.25, 0.3) is 0 Å². The summed E-state index contributed by atoms with van der Waals surface area (Å²) in [6.07, 6.45) is -13.4. The van der Waals surface area contributed by atoms with Crippen LogP contribution in [0, 0.1) is 29.6 Å². The molecule has 61 heavy (non-hydrogen) atoms. The van der Waals surface area contributed by atoms with Gasteiger partial charge < -0.3 is 102 Å². The zero-order valence-electron chi connectivity index (χ0n) is 36.8. The average molecular weight is 891 g/mol. The van der Waals surface area contributed by atoms with Crippen LogP contribution < -0.4 is 0 Å². The van der Waals surface area contributed by atoms with Gasteiger partial charge in [-0.05, 0) is 12.8 Å². The summed E-state index contributed by atoms with van der Waals surface area (Å²) in [5.41, 5.74) is 0. The molecule has 4 heterocycles. The van der Waals surface area contributed by atoms with Crippen LogP contribution >= 0.6 is 0 Å². The maximum atomic E-state index is 10.9. The van der Waals surface area contributed by atoms with Gasteiger partial charge >= 0.3 is 0 Å². The van der Waals surface area contributed by atoms with Gasteiger partial charge in [0.05, 0.1) is 82.4 Å². The molecule has 0 radical (unpaired) electrons. The molecule has 8 unspecified atom stereocenters. The summed E-state index contributed by atoms with van der Waals surface area (Å²) >= 11 is 0. The summed E-state index contributed by atoms with van der Waals surface area (Å²) < 4.78 is 92.3. The first-order chi connectivity index (χ1) is 29.7. The number of hydrogen-bond acceptors (Lipinski definition) is 21. The maximum absolute atomic E-state index is 10.9. The van der Waals surface area contributed by atoms with Crippen LogP contribution in [0.2, 0.25) is 0 Å². The van der Waals surface area contributed by atoms with Crippen molar-refractivity contribution in [3.05, 3.63) is 0 Å². The Morgan fingerprint density at radius 2 is 0.770 bits per heavy atom. The van der Waals surface area contributed by atoms with Crippen LogP contribution in [-0.2, 0) is 71.1 Å². The summed E-state index contributed by atoms with van der Waals surface area (Å²) in [6, 6.07) is 0. The molecule has 4 aliphatic heterocycles. The molecule has 4 aliphatic rings. The number of aliphatic hydroxyl groups excluding tert-OH is 6. The minimum absolute atomic E-state index is 0.00244. The van der Waals surface area contributed by atoms with E-state index in [1.807, 2.05) is 6.92 Å². The van der Waals surface area contributed by atoms with Crippen molar-refractivity contribution >= 4 is 0 Å². The Hall–Kier alpha value is -0.840. The first-order valence-electron chi connectivity index (χ1n) is 21.1. The SMILES string of the molecule is CCCO[C@@H]1C(OC)[C@@H](O[C@@H]2C(OC)[C@@H](O[C@@H]3C(OC)[C@@H](OC4[C@H](OC)OC(CCO)[C@@H](CO)[C@@H]4CO)OC(COC)[C@H]3CO)OC(COC)[C@H]2CO)OC(COC)[C@H]1CO. The molecule has 0 bridgehead atoms. The molecule has 0 amide bonds. The predicted octanol–water partition coefficient (Wildman–Crippen LogP) is -2.11. The van der Waals surface area contributed by atoms with Crippen molar-refractivity contribution in [1.82, 2.24) is 0 Å². The highest BCUT2D eigenvalue weighted by molar-refractivity contribution is 4.99. The van der Waals surface area contributed by atoms with Gasteiger partial charge in [-0.25, -0.2) is 0 Å². The molecule has 21 nitrogen and oxygen atoms in total. The molecule has 4 saturated heterocycles. The highest BCUT2D eigenvalue weighted by Gasteiger charge is 2.57. The van der Waals surface area contributed by atoms with E-state index in [-0.39, 0.29) is 46.1 Å². The molecule has 360 valence electrons. The number of rotatable bonds is 26. The standard InChI is InChI=1S/C40H74O21/c1-9-12-54-30-23(15-44)27(18-47-2)56-38(34(30)50-5)59-31-24(16-45)28(19-48-3)57-39(35(31)51-6)60-32-25(17-46)29(20-49-4)58-40(36(32)52-7)61-33-22(14-43)21(13-42)26(10-11-41)55-37(33)53-8/h21-46H,9-20H2,1-8H3/t21-,22-,23+,24+,25+,26?,27?,28?,29?,30-,31-,32-,33?,34?,35?,36?,37+,38+,39+,40+/m0/s1. The minimum atomic E-state index is -1.26. The van der Waals surface area contributed by atoms with Crippen molar-refractivity contribution in [2.45, 2.75) is 112 Å². The minimum Gasteiger partial charge on any atom is -0.396 e. The van der Waals surface area contributed by atoms with Gasteiger partial charge in [0.2, 0.25) is 0 Å². The fourth-order valence-corrected chi connectivity index (χ4v) is 9.21. The highest BCUT2D eigenvalue weighted by Crippen LogP contribution is 2.41. The van der Waals surface area contributed by atoms with Crippen LogP contribution in [0.1, 0.15) is 19.8 Å². The second-order valence-electron chi connectivity index (χ2n) is 15.8. The lowest BCUT2D eigenvalue weighted by molar-refractivity contribution is -0.390. The summed E-state index contributed by atoms with van der Waals surface area (Å²) in [5, 5.41) is 63.0. The normalized spacial score (nSPS) is 42.2. The molecule has 4 rings (SSSR count). The molecular formula is C40H74O21. The lowest BCUT2D eigenvalue weighted by atomic mass is 9.80. The van der Waals surface area contributed by atoms with E-state index < -0.39 is 142 Å². The fraction of sp³-hybridized carbons (Fsp3) is 1.00. The molecule has 0 aliphatic carbocycles. The highest BCUT2D eigenvalue weighted by atomic mass is 16.8. The third-order valence-electron chi connectivity index (χ3n) is 12.3. The summed E-state index contributed by atoms with van der Waals surface area (Å²) in [5.74, 6) is -3.41. The molecule has 20 atom stereocenters. The van der Waals surface area contributed by atoms with Crippen molar-refractivity contribution in [2.75, 3.05) is 116 Å². The molecule has 0 spiro atoms. The van der Waals surface area contributed by atoms with Gasteiger partial charge in [-0.2, -0.15) is 0 Å². The molecule has 0 saturated carbocycles. The summed E-state index contributed by atoms with van der Waals surface area (Å²) in [4.78, 5) is 0. The second kappa shape index (κ2) is 27.0. The number of hydrogen-bond donors (Lipinski definition) is 6. The molecule has 6 N–H and O–H groups in total. The topological polar surface area (TPSA) is 260 Å². The first kappa shape index (κ1) is 52.8. The first-order valence-corrected chi connectivity index (χ1v) is 21.1. The van der Waals surface area contributed by atoms with Gasteiger partial charge in [0.25, 0.3) is 0 Å². The Morgan fingerprint density at radius 1 is 0.393 bits per heavy atom. The Bertz CT molecular complexity index is 1180. The fourth-order valence-electron chi connectivity index (χ4n) is 9.21. The van der Waals surface area contributed by atoms with Gasteiger partial charge in [-0.15, -0.1) is 0 Å². The Morgan fingerprint density at radius 3 is 1.11 bits per heavy atom. The smallest absolute Gasteiger partial charge is 0.187 e. The van der Waals surface area contributed by atoms with Crippen LogP contribution in [0.3, 0.4) is 0 Å². The largest absolute Gasteiger partial charge is 0.396 e. The number of ether oxygens (including phenoxy) is 15. The van der Waals surface area contributed by atoms with Crippen molar-refractivity contribution in [1.29, 1.82) is 0 Å². The lowest BCUT2D eigenvalue weighted by Gasteiger charge is -2.52. The second-order valence-corrected chi connectivity index (χ2v) is 15.8. The van der Waals surface area contributed by atoms with E-state index in [1.165, 1.54) is 49.8 Å². The maximum Gasteiger partial charge on any atom is 0.187 e. The van der Waals surface area contributed by atoms with Crippen molar-refractivity contribution < 1.29 is 102 Å². The van der Waals surface area contributed by atoms with Gasteiger partial charge in [0.1, 0.15) is 24.4 Å². The summed E-state index contributed by atoms with van der Waals surface area (Å²) in [6.45, 7) is 0.348. The Balaban J connectivity index is 1.72. The van der Waals surface area contributed by atoms with Crippen molar-refractivity contribution in [2.24, 2.45) is 29.6 Å². The predicted molar refractivity (Wildman–Crippen MR) is 209 cm³/mol. The molecular weight excluding hydrogens is 816 g/mol. The van der Waals surface area contributed by atoms with E-state index >= 15 is 0 Å². The third-order valence-corrected chi connectivity index (χ3v) is 12.3. The molecule has 4 fully saturated rings. The van der Waals surface area contributed by atoms with Crippen LogP contribution in [0.4, 0.5) is 0 Å². The van der Waals surface area contributed by atoms with Gasteiger partial charge in [0, 0.05) is 106 Å². The average Bonchev–Trinajstić information content (AvgIpc) is 3.26. The number of methoxy groups -OCH3 is 7. The molecule has 21 heteroatoms. The molecule has 0 aromatic carbocycles. The van der Waals surface area contributed by atoms with E-state index in [0.29, 0.717) is 13.0 Å². The Kier molecular flexibility index (Phi) is 23.3. The third kappa shape index (κ3) is 12.3. The van der Waals surface area contributed by atoms with Gasteiger partial charge in [-0.1, -0.05) is 6.92 Å². The lowest BCUT2D eigenvalue weighted by Crippen LogP contribution is -2.66. The quantitative estimate of drug-likeness (QED) is 0.0543. The van der Waals surface area contributed by atoms with Gasteiger partial charge in [-0.3, -0.25) is 0 Å². The van der Waals surface area contributed by atoms with E-state index in [1.54, 1.807) is 0 Å². The van der Waals surface area contributed by atoms with E-state index in [4.69, 9.17) is 71.1 Å². The van der Waals surface area contributed by atoms with Gasteiger partial charge in [0.15, 0.2) is 25.2 Å². The molecule has 0 aromatic heterocycles. The van der Waals surface area contributed by atoms with Crippen LogP contribution in [-0.4, -0.2) is 239 Å². The number of aliphatic hydroxyl groups is 6.